The number of benzene rings is 1. The lowest BCUT2D eigenvalue weighted by Crippen LogP contribution is -2.11. The normalized spacial score (nSPS) is 12.4. The fourth-order valence-electron chi connectivity index (χ4n) is 1.42. The van der Waals surface area contributed by atoms with E-state index in [1.165, 1.54) is 6.07 Å². The Labute approximate surface area is 111 Å². The third kappa shape index (κ3) is 4.81. The third-order valence-corrected chi connectivity index (χ3v) is 3.03. The number of hydrogen-bond donors (Lipinski definition) is 1. The first-order valence-corrected chi connectivity index (χ1v) is 6.00. The van der Waals surface area contributed by atoms with Gasteiger partial charge in [0.1, 0.15) is 5.82 Å². The highest BCUT2D eigenvalue weighted by molar-refractivity contribution is 9.10. The van der Waals surface area contributed by atoms with Gasteiger partial charge in [0, 0.05) is 6.04 Å². The first kappa shape index (κ1) is 15.9. The van der Waals surface area contributed by atoms with E-state index in [4.69, 9.17) is 5.73 Å². The van der Waals surface area contributed by atoms with E-state index in [0.29, 0.717) is 10.4 Å². The first-order valence-electron chi connectivity index (χ1n) is 5.21. The van der Waals surface area contributed by atoms with Crippen LogP contribution in [0.2, 0.25) is 0 Å². The number of hydrogen-bond acceptors (Lipinski definition) is 1. The summed E-state index contributed by atoms with van der Waals surface area (Å²) in [6, 6.07) is 4.98. The molecule has 1 nitrogen and oxygen atoms in total. The molecule has 0 aliphatic carbocycles. The van der Waals surface area contributed by atoms with Gasteiger partial charge in [0.2, 0.25) is 0 Å². The molecule has 0 bridgehead atoms. The second-order valence-corrected chi connectivity index (χ2v) is 5.11. The summed E-state index contributed by atoms with van der Waals surface area (Å²) in [4.78, 5) is 0. The van der Waals surface area contributed by atoms with Gasteiger partial charge in [-0.25, -0.2) is 4.39 Å². The number of nitrogens with two attached hydrogens (primary N) is 1. The highest BCUT2D eigenvalue weighted by Gasteiger charge is 2.09. The summed E-state index contributed by atoms with van der Waals surface area (Å²) in [5, 5.41) is 0. The smallest absolute Gasteiger partial charge is 0.137 e. The first-order chi connectivity index (χ1) is 7.00. The van der Waals surface area contributed by atoms with E-state index in [2.05, 4.69) is 29.8 Å². The van der Waals surface area contributed by atoms with Crippen molar-refractivity contribution in [2.75, 3.05) is 0 Å². The Morgan fingerprint density at radius 3 is 2.44 bits per heavy atom. The summed E-state index contributed by atoms with van der Waals surface area (Å²) in [5.74, 6) is 0.412. The van der Waals surface area contributed by atoms with Crippen molar-refractivity contribution in [2.45, 2.75) is 32.7 Å². The van der Waals surface area contributed by atoms with Gasteiger partial charge in [0.05, 0.1) is 4.47 Å². The second-order valence-electron chi connectivity index (χ2n) is 4.25. The van der Waals surface area contributed by atoms with Gasteiger partial charge in [0.25, 0.3) is 0 Å². The summed E-state index contributed by atoms with van der Waals surface area (Å²) in [6.07, 6.45) is 2.03. The van der Waals surface area contributed by atoms with Gasteiger partial charge in [-0.1, -0.05) is 19.9 Å². The van der Waals surface area contributed by atoms with Gasteiger partial charge in [-0.05, 0) is 52.4 Å². The standard InChI is InChI=1S/C12H17BrFN.ClH/c1-8(2)3-6-12(15)9-4-5-11(14)10(13)7-9;/h4-5,7-8,12H,3,6,15H2,1-2H3;1H/t12-;/m1./s1. The molecule has 0 aliphatic heterocycles. The van der Waals surface area contributed by atoms with Crippen LogP contribution in [0.5, 0.6) is 0 Å². The van der Waals surface area contributed by atoms with Crippen LogP contribution in [0.25, 0.3) is 0 Å². The van der Waals surface area contributed by atoms with Crippen molar-refractivity contribution in [1.82, 2.24) is 0 Å². The maximum absolute atomic E-state index is 13.0. The molecule has 0 aromatic heterocycles. The Kier molecular flexibility index (Phi) is 7.20. The summed E-state index contributed by atoms with van der Waals surface area (Å²) < 4.78 is 13.5. The average Bonchev–Trinajstić information content (AvgIpc) is 2.18. The minimum atomic E-state index is -0.241. The van der Waals surface area contributed by atoms with Crippen molar-refractivity contribution in [3.8, 4) is 0 Å². The van der Waals surface area contributed by atoms with Crippen molar-refractivity contribution >= 4 is 28.3 Å². The minimum absolute atomic E-state index is 0. The van der Waals surface area contributed by atoms with E-state index >= 15 is 0 Å². The quantitative estimate of drug-likeness (QED) is 0.874. The lowest BCUT2D eigenvalue weighted by Gasteiger charge is -2.13. The van der Waals surface area contributed by atoms with Crippen LogP contribution in [0.4, 0.5) is 4.39 Å². The van der Waals surface area contributed by atoms with Crippen LogP contribution in [0.15, 0.2) is 22.7 Å². The Hall–Kier alpha value is -0.120. The van der Waals surface area contributed by atoms with Gasteiger partial charge in [0.15, 0.2) is 0 Å². The highest BCUT2D eigenvalue weighted by atomic mass is 79.9. The summed E-state index contributed by atoms with van der Waals surface area (Å²) in [6.45, 7) is 4.35. The van der Waals surface area contributed by atoms with Crippen molar-refractivity contribution < 1.29 is 4.39 Å². The van der Waals surface area contributed by atoms with Crippen molar-refractivity contribution in [1.29, 1.82) is 0 Å². The van der Waals surface area contributed by atoms with E-state index < -0.39 is 0 Å². The highest BCUT2D eigenvalue weighted by Crippen LogP contribution is 2.23. The third-order valence-electron chi connectivity index (χ3n) is 2.43. The molecule has 2 N–H and O–H groups in total. The Morgan fingerprint density at radius 2 is 1.94 bits per heavy atom. The predicted octanol–water partition coefficient (Wildman–Crippen LogP) is 4.45. The van der Waals surface area contributed by atoms with Crippen molar-refractivity contribution in [3.05, 3.63) is 34.1 Å². The molecule has 1 aromatic carbocycles. The molecule has 0 heterocycles. The number of rotatable bonds is 4. The molecular weight excluding hydrogens is 292 g/mol. The SMILES string of the molecule is CC(C)CC[C@@H](N)c1ccc(F)c(Br)c1.Cl. The molecule has 0 unspecified atom stereocenters. The second kappa shape index (κ2) is 7.25. The van der Waals surface area contributed by atoms with Crippen LogP contribution < -0.4 is 5.73 Å². The van der Waals surface area contributed by atoms with Crippen molar-refractivity contribution in [3.63, 3.8) is 0 Å². The molecule has 92 valence electrons. The topological polar surface area (TPSA) is 26.0 Å². The van der Waals surface area contributed by atoms with Crippen LogP contribution in [0.1, 0.15) is 38.3 Å². The van der Waals surface area contributed by atoms with E-state index in [1.54, 1.807) is 12.1 Å². The molecule has 0 aliphatic rings. The van der Waals surface area contributed by atoms with Gasteiger partial charge in [-0.2, -0.15) is 0 Å². The average molecular weight is 311 g/mol. The lowest BCUT2D eigenvalue weighted by atomic mass is 9.98. The van der Waals surface area contributed by atoms with E-state index in [9.17, 15) is 4.39 Å². The van der Waals surface area contributed by atoms with Gasteiger partial charge in [-0.15, -0.1) is 12.4 Å². The molecule has 0 fully saturated rings. The molecule has 16 heavy (non-hydrogen) atoms. The maximum Gasteiger partial charge on any atom is 0.137 e. The van der Waals surface area contributed by atoms with Crippen molar-refractivity contribution in [2.24, 2.45) is 11.7 Å². The molecule has 1 atom stereocenters. The monoisotopic (exact) mass is 309 g/mol. The number of halogens is 3. The zero-order chi connectivity index (χ0) is 11.4. The zero-order valence-electron chi connectivity index (χ0n) is 9.54. The molecule has 0 radical (unpaired) electrons. The van der Waals surface area contributed by atoms with Gasteiger partial charge in [-0.3, -0.25) is 0 Å². The van der Waals surface area contributed by atoms with Crippen LogP contribution in [-0.2, 0) is 0 Å². The van der Waals surface area contributed by atoms with E-state index in [1.807, 2.05) is 0 Å². The zero-order valence-corrected chi connectivity index (χ0v) is 11.9. The van der Waals surface area contributed by atoms with Crippen LogP contribution in [0.3, 0.4) is 0 Å². The molecular formula is C12H18BrClFN. The Balaban J connectivity index is 0.00000225. The molecule has 0 spiro atoms. The molecule has 1 aromatic rings. The van der Waals surface area contributed by atoms with Gasteiger partial charge < -0.3 is 5.73 Å². The van der Waals surface area contributed by atoms with E-state index in [-0.39, 0.29) is 24.3 Å². The van der Waals surface area contributed by atoms with E-state index in [0.717, 1.165) is 18.4 Å². The molecule has 4 heteroatoms. The largest absolute Gasteiger partial charge is 0.324 e. The summed E-state index contributed by atoms with van der Waals surface area (Å²) >= 11 is 3.16. The maximum atomic E-state index is 13.0. The molecule has 0 saturated heterocycles. The lowest BCUT2D eigenvalue weighted by molar-refractivity contribution is 0.506. The van der Waals surface area contributed by atoms with Gasteiger partial charge >= 0.3 is 0 Å². The Bertz CT molecular complexity index is 331. The fourth-order valence-corrected chi connectivity index (χ4v) is 1.82. The van der Waals surface area contributed by atoms with Crippen LogP contribution in [-0.4, -0.2) is 0 Å². The summed E-state index contributed by atoms with van der Waals surface area (Å²) in [5.41, 5.74) is 7.01. The molecule has 0 saturated carbocycles. The Morgan fingerprint density at radius 1 is 1.31 bits per heavy atom. The molecule has 0 amide bonds. The summed E-state index contributed by atoms with van der Waals surface area (Å²) in [7, 11) is 0. The predicted molar refractivity (Wildman–Crippen MR) is 72.3 cm³/mol. The molecule has 1 rings (SSSR count). The minimum Gasteiger partial charge on any atom is -0.324 e. The van der Waals surface area contributed by atoms with Crippen LogP contribution >= 0.6 is 28.3 Å². The van der Waals surface area contributed by atoms with Crippen LogP contribution in [0, 0.1) is 11.7 Å². The fraction of sp³-hybridized carbons (Fsp3) is 0.500.